The monoisotopic (exact) mass is 181 g/mol. The van der Waals surface area contributed by atoms with Crippen LogP contribution in [0, 0.1) is 0 Å². The fraction of sp³-hybridized carbons (Fsp3) is 1.00. The van der Waals surface area contributed by atoms with Gasteiger partial charge in [-0.05, 0) is 25.6 Å². The van der Waals surface area contributed by atoms with Crippen LogP contribution in [-0.2, 0) is 0 Å². The SMILES string of the molecule is CSCC1CCCCN1.Cl. The van der Waals surface area contributed by atoms with Crippen LogP contribution in [0.15, 0.2) is 0 Å². The third-order valence-corrected chi connectivity index (χ3v) is 2.52. The Morgan fingerprint density at radius 1 is 1.50 bits per heavy atom. The second-order valence-electron chi connectivity index (χ2n) is 2.60. The zero-order valence-electron chi connectivity index (χ0n) is 6.43. The van der Waals surface area contributed by atoms with Crippen molar-refractivity contribution in [3.63, 3.8) is 0 Å². The van der Waals surface area contributed by atoms with E-state index >= 15 is 0 Å². The molecule has 1 atom stereocenters. The number of rotatable bonds is 2. The molecule has 1 saturated heterocycles. The highest BCUT2D eigenvalue weighted by Gasteiger charge is 2.10. The summed E-state index contributed by atoms with van der Waals surface area (Å²) < 4.78 is 0. The van der Waals surface area contributed by atoms with E-state index in [-0.39, 0.29) is 12.4 Å². The van der Waals surface area contributed by atoms with Crippen LogP contribution in [0.4, 0.5) is 0 Å². The van der Waals surface area contributed by atoms with Crippen molar-refractivity contribution in [3.05, 3.63) is 0 Å². The molecule has 0 aromatic heterocycles. The van der Waals surface area contributed by atoms with Crippen LogP contribution in [0.3, 0.4) is 0 Å². The molecule has 10 heavy (non-hydrogen) atoms. The van der Waals surface area contributed by atoms with Crippen LogP contribution in [-0.4, -0.2) is 24.6 Å². The fourth-order valence-corrected chi connectivity index (χ4v) is 1.95. The van der Waals surface area contributed by atoms with Gasteiger partial charge < -0.3 is 5.32 Å². The fourth-order valence-electron chi connectivity index (χ4n) is 1.27. The van der Waals surface area contributed by atoms with E-state index in [9.17, 15) is 0 Å². The highest BCUT2D eigenvalue weighted by Crippen LogP contribution is 2.10. The van der Waals surface area contributed by atoms with E-state index in [1.54, 1.807) is 0 Å². The first-order valence-corrected chi connectivity index (χ1v) is 5.05. The first kappa shape index (κ1) is 10.6. The van der Waals surface area contributed by atoms with Gasteiger partial charge in [-0.1, -0.05) is 6.42 Å². The highest BCUT2D eigenvalue weighted by atomic mass is 35.5. The summed E-state index contributed by atoms with van der Waals surface area (Å²) in [6, 6.07) is 0.814. The molecule has 0 aromatic carbocycles. The van der Waals surface area contributed by atoms with Gasteiger partial charge in [-0.25, -0.2) is 0 Å². The number of halogens is 1. The summed E-state index contributed by atoms with van der Waals surface area (Å²) in [4.78, 5) is 0. The van der Waals surface area contributed by atoms with Gasteiger partial charge in [0.15, 0.2) is 0 Å². The molecular formula is C7H16ClNS. The Hall–Kier alpha value is 0.600. The Labute approximate surface area is 73.7 Å². The number of hydrogen-bond acceptors (Lipinski definition) is 2. The van der Waals surface area contributed by atoms with Crippen molar-refractivity contribution < 1.29 is 0 Å². The molecule has 0 aliphatic carbocycles. The molecule has 1 rings (SSSR count). The van der Waals surface area contributed by atoms with Gasteiger partial charge in [0.2, 0.25) is 0 Å². The summed E-state index contributed by atoms with van der Waals surface area (Å²) in [5, 5.41) is 3.50. The van der Waals surface area contributed by atoms with Gasteiger partial charge in [0.25, 0.3) is 0 Å². The van der Waals surface area contributed by atoms with Crippen LogP contribution in [0.5, 0.6) is 0 Å². The number of thioether (sulfide) groups is 1. The minimum atomic E-state index is 0. The molecular weight excluding hydrogens is 166 g/mol. The normalized spacial score (nSPS) is 25.5. The Kier molecular flexibility index (Phi) is 6.70. The smallest absolute Gasteiger partial charge is 0.0158 e. The van der Waals surface area contributed by atoms with E-state index < -0.39 is 0 Å². The highest BCUT2D eigenvalue weighted by molar-refractivity contribution is 7.98. The maximum Gasteiger partial charge on any atom is 0.0158 e. The van der Waals surface area contributed by atoms with Gasteiger partial charge in [0, 0.05) is 11.8 Å². The average molecular weight is 182 g/mol. The first-order chi connectivity index (χ1) is 4.43. The minimum absolute atomic E-state index is 0. The molecule has 3 heteroatoms. The first-order valence-electron chi connectivity index (χ1n) is 3.66. The number of piperidine rings is 1. The molecule has 0 bridgehead atoms. The maximum absolute atomic E-state index is 3.50. The summed E-state index contributed by atoms with van der Waals surface area (Å²) in [5.41, 5.74) is 0. The van der Waals surface area contributed by atoms with Crippen molar-refractivity contribution in [1.29, 1.82) is 0 Å². The van der Waals surface area contributed by atoms with Gasteiger partial charge in [0.05, 0.1) is 0 Å². The molecule has 0 saturated carbocycles. The maximum atomic E-state index is 3.50. The van der Waals surface area contributed by atoms with Crippen LogP contribution in [0.25, 0.3) is 0 Å². The quantitative estimate of drug-likeness (QED) is 0.699. The van der Waals surface area contributed by atoms with Crippen molar-refractivity contribution >= 4 is 24.2 Å². The standard InChI is InChI=1S/C7H15NS.ClH/c1-9-6-7-4-2-3-5-8-7;/h7-8H,2-6H2,1H3;1H. The van der Waals surface area contributed by atoms with Crippen molar-refractivity contribution in [2.45, 2.75) is 25.3 Å². The van der Waals surface area contributed by atoms with Crippen LogP contribution in [0.2, 0.25) is 0 Å². The Morgan fingerprint density at radius 3 is 2.80 bits per heavy atom. The predicted octanol–water partition coefficient (Wildman–Crippen LogP) is 1.91. The molecule has 1 nitrogen and oxygen atoms in total. The predicted molar refractivity (Wildman–Crippen MR) is 51.3 cm³/mol. The summed E-state index contributed by atoms with van der Waals surface area (Å²) in [6.07, 6.45) is 6.38. The molecule has 1 fully saturated rings. The van der Waals surface area contributed by atoms with Crippen molar-refractivity contribution in [2.75, 3.05) is 18.6 Å². The molecule has 1 aliphatic heterocycles. The van der Waals surface area contributed by atoms with E-state index in [1.807, 2.05) is 11.8 Å². The van der Waals surface area contributed by atoms with Crippen LogP contribution >= 0.6 is 24.2 Å². The number of hydrogen-bond donors (Lipinski definition) is 1. The Morgan fingerprint density at radius 2 is 2.30 bits per heavy atom. The molecule has 0 spiro atoms. The molecule has 0 radical (unpaired) electrons. The average Bonchev–Trinajstić information content (AvgIpc) is 1.91. The number of nitrogens with one attached hydrogen (secondary N) is 1. The van der Waals surface area contributed by atoms with Crippen molar-refractivity contribution in [2.24, 2.45) is 0 Å². The Balaban J connectivity index is 0.000000810. The third-order valence-electron chi connectivity index (χ3n) is 1.78. The van der Waals surface area contributed by atoms with E-state index in [0.29, 0.717) is 0 Å². The summed E-state index contributed by atoms with van der Waals surface area (Å²) in [6.45, 7) is 1.24. The van der Waals surface area contributed by atoms with Gasteiger partial charge in [0.1, 0.15) is 0 Å². The van der Waals surface area contributed by atoms with Gasteiger partial charge in [-0.2, -0.15) is 11.8 Å². The van der Waals surface area contributed by atoms with E-state index in [4.69, 9.17) is 0 Å². The van der Waals surface area contributed by atoms with Crippen molar-refractivity contribution in [1.82, 2.24) is 5.32 Å². The zero-order chi connectivity index (χ0) is 6.53. The summed E-state index contributed by atoms with van der Waals surface area (Å²) in [5.74, 6) is 1.29. The second-order valence-corrected chi connectivity index (χ2v) is 3.51. The molecule has 0 amide bonds. The van der Waals surface area contributed by atoms with Gasteiger partial charge >= 0.3 is 0 Å². The molecule has 62 valence electrons. The summed E-state index contributed by atoms with van der Waals surface area (Å²) >= 11 is 1.95. The minimum Gasteiger partial charge on any atom is -0.313 e. The Bertz CT molecular complexity index is 71.3. The molecule has 1 N–H and O–H groups in total. The van der Waals surface area contributed by atoms with Gasteiger partial charge in [-0.15, -0.1) is 12.4 Å². The van der Waals surface area contributed by atoms with Crippen LogP contribution in [0.1, 0.15) is 19.3 Å². The lowest BCUT2D eigenvalue weighted by Gasteiger charge is -2.22. The zero-order valence-corrected chi connectivity index (χ0v) is 8.06. The van der Waals surface area contributed by atoms with E-state index in [2.05, 4.69) is 11.6 Å². The molecule has 1 aliphatic rings. The van der Waals surface area contributed by atoms with E-state index in [1.165, 1.54) is 31.6 Å². The molecule has 1 heterocycles. The largest absolute Gasteiger partial charge is 0.313 e. The van der Waals surface area contributed by atoms with Crippen molar-refractivity contribution in [3.8, 4) is 0 Å². The third kappa shape index (κ3) is 3.69. The van der Waals surface area contributed by atoms with Gasteiger partial charge in [-0.3, -0.25) is 0 Å². The molecule has 1 unspecified atom stereocenters. The second kappa shape index (κ2) is 6.32. The van der Waals surface area contributed by atoms with Crippen LogP contribution < -0.4 is 5.32 Å². The van der Waals surface area contributed by atoms with E-state index in [0.717, 1.165) is 6.04 Å². The summed E-state index contributed by atoms with van der Waals surface area (Å²) in [7, 11) is 0. The lowest BCUT2D eigenvalue weighted by atomic mass is 10.1. The lowest BCUT2D eigenvalue weighted by molar-refractivity contribution is 0.430. The topological polar surface area (TPSA) is 12.0 Å². The lowest BCUT2D eigenvalue weighted by Crippen LogP contribution is -2.35. The molecule has 0 aromatic rings.